The Morgan fingerprint density at radius 2 is 2.21 bits per heavy atom. The maximum Gasteiger partial charge on any atom is 0.129 e. The fraction of sp³-hybridized carbons (Fsp3) is 0.444. The van der Waals surface area contributed by atoms with Crippen molar-refractivity contribution >= 4 is 30.9 Å². The molecule has 2 rings (SSSR count). The molecule has 3 nitrogen and oxygen atoms in total. The second kappa shape index (κ2) is 6.87. The number of H-pyrrole nitrogens is 1. The number of aromatic amines is 1. The lowest BCUT2D eigenvalue weighted by atomic mass is 10.1. The normalized spacial score (nSPS) is 18.4. The van der Waals surface area contributed by atoms with Gasteiger partial charge in [0, 0.05) is 18.9 Å². The summed E-state index contributed by atoms with van der Waals surface area (Å²) in [5, 5.41) is 3.34. The molecule has 1 aliphatic rings. The van der Waals surface area contributed by atoms with Crippen molar-refractivity contribution < 1.29 is 0 Å². The Bertz CT molecular complexity index is 262. The Labute approximate surface area is 96.2 Å². The zero-order valence-corrected chi connectivity index (χ0v) is 9.46. The number of halogens is 2. The number of hydrogen-bond acceptors (Lipinski definition) is 2. The fourth-order valence-electron chi connectivity index (χ4n) is 1.45. The number of nitrogens with zero attached hydrogens (tertiary/aromatic N) is 1. The van der Waals surface area contributed by atoms with E-state index < -0.39 is 0 Å². The lowest BCUT2D eigenvalue weighted by Crippen LogP contribution is -2.23. The van der Waals surface area contributed by atoms with Crippen LogP contribution in [-0.4, -0.2) is 23.1 Å². The van der Waals surface area contributed by atoms with Crippen LogP contribution in [0.2, 0.25) is 0 Å². The van der Waals surface area contributed by atoms with E-state index in [0.717, 1.165) is 18.9 Å². The van der Waals surface area contributed by atoms with Gasteiger partial charge in [-0.2, -0.15) is 0 Å². The van der Waals surface area contributed by atoms with Crippen LogP contribution in [0.1, 0.15) is 18.7 Å². The Morgan fingerprint density at radius 1 is 1.36 bits per heavy atom. The van der Waals surface area contributed by atoms with Gasteiger partial charge in [0.15, 0.2) is 0 Å². The summed E-state index contributed by atoms with van der Waals surface area (Å²) < 4.78 is 0. The van der Waals surface area contributed by atoms with E-state index in [1.807, 2.05) is 6.20 Å². The van der Waals surface area contributed by atoms with Crippen LogP contribution in [0.3, 0.4) is 0 Å². The van der Waals surface area contributed by atoms with Gasteiger partial charge in [0.2, 0.25) is 0 Å². The Hall–Kier alpha value is -0.510. The average Bonchev–Trinajstić information content (AvgIpc) is 2.59. The average molecular weight is 236 g/mol. The van der Waals surface area contributed by atoms with Crippen molar-refractivity contribution in [2.75, 3.05) is 13.1 Å². The minimum absolute atomic E-state index is 0. The van der Waals surface area contributed by atoms with Crippen molar-refractivity contribution in [3.8, 4) is 0 Å². The smallest absolute Gasteiger partial charge is 0.129 e. The highest BCUT2D eigenvalue weighted by atomic mass is 35.5. The third kappa shape index (κ3) is 3.70. The van der Waals surface area contributed by atoms with E-state index in [2.05, 4.69) is 21.4 Å². The molecule has 80 valence electrons. The van der Waals surface area contributed by atoms with Gasteiger partial charge in [-0.3, -0.25) is 0 Å². The van der Waals surface area contributed by atoms with E-state index in [1.54, 1.807) is 6.20 Å². The molecule has 1 aromatic heterocycles. The first-order valence-electron chi connectivity index (χ1n) is 4.35. The van der Waals surface area contributed by atoms with E-state index in [-0.39, 0.29) is 24.8 Å². The van der Waals surface area contributed by atoms with Gasteiger partial charge in [0.25, 0.3) is 0 Å². The molecular weight excluding hydrogens is 221 g/mol. The standard InChI is InChI=1S/C9H13N3.2ClH/c1-2-8(7-10-3-1)6-9-11-4-5-12-9;;/h4-6,10H,1-3,7H2,(H,11,12);2*1H. The van der Waals surface area contributed by atoms with E-state index in [1.165, 1.54) is 18.4 Å². The van der Waals surface area contributed by atoms with Crippen LogP contribution in [0.25, 0.3) is 6.08 Å². The molecule has 0 bridgehead atoms. The highest BCUT2D eigenvalue weighted by Gasteiger charge is 2.04. The Kier molecular flexibility index (Phi) is 6.62. The van der Waals surface area contributed by atoms with Crippen molar-refractivity contribution in [3.63, 3.8) is 0 Å². The minimum Gasteiger partial charge on any atom is -0.345 e. The molecule has 0 unspecified atom stereocenters. The molecule has 0 aliphatic carbocycles. The molecule has 0 radical (unpaired) electrons. The predicted octanol–water partition coefficient (Wildman–Crippen LogP) is 2.02. The van der Waals surface area contributed by atoms with Gasteiger partial charge in [-0.05, 0) is 25.5 Å². The van der Waals surface area contributed by atoms with Crippen molar-refractivity contribution in [2.24, 2.45) is 0 Å². The van der Waals surface area contributed by atoms with Crippen LogP contribution in [0.5, 0.6) is 0 Å². The molecule has 2 N–H and O–H groups in total. The highest BCUT2D eigenvalue weighted by molar-refractivity contribution is 5.85. The molecule has 5 heteroatoms. The van der Waals surface area contributed by atoms with Crippen LogP contribution in [-0.2, 0) is 0 Å². The maximum absolute atomic E-state index is 4.15. The molecule has 14 heavy (non-hydrogen) atoms. The molecule has 0 aromatic carbocycles. The molecule has 0 spiro atoms. The number of rotatable bonds is 1. The fourth-order valence-corrected chi connectivity index (χ4v) is 1.45. The number of imidazole rings is 1. The molecule has 0 atom stereocenters. The summed E-state index contributed by atoms with van der Waals surface area (Å²) >= 11 is 0. The number of aromatic nitrogens is 2. The zero-order chi connectivity index (χ0) is 8.23. The molecule has 1 saturated heterocycles. The van der Waals surface area contributed by atoms with Crippen molar-refractivity contribution in [2.45, 2.75) is 12.8 Å². The summed E-state index contributed by atoms with van der Waals surface area (Å²) in [6.45, 7) is 2.16. The second-order valence-corrected chi connectivity index (χ2v) is 3.06. The Balaban J connectivity index is 0.000000845. The van der Waals surface area contributed by atoms with E-state index in [4.69, 9.17) is 0 Å². The van der Waals surface area contributed by atoms with Crippen LogP contribution < -0.4 is 5.32 Å². The summed E-state index contributed by atoms with van der Waals surface area (Å²) in [7, 11) is 0. The number of hydrogen-bond donors (Lipinski definition) is 2. The zero-order valence-electron chi connectivity index (χ0n) is 7.82. The van der Waals surface area contributed by atoms with Gasteiger partial charge in [0.05, 0.1) is 0 Å². The van der Waals surface area contributed by atoms with Gasteiger partial charge in [-0.25, -0.2) is 4.98 Å². The topological polar surface area (TPSA) is 40.7 Å². The molecule has 2 heterocycles. The summed E-state index contributed by atoms with van der Waals surface area (Å²) in [6.07, 6.45) is 8.21. The minimum atomic E-state index is 0. The van der Waals surface area contributed by atoms with Gasteiger partial charge >= 0.3 is 0 Å². The van der Waals surface area contributed by atoms with Crippen LogP contribution in [0.4, 0.5) is 0 Å². The van der Waals surface area contributed by atoms with Crippen molar-refractivity contribution in [1.82, 2.24) is 15.3 Å². The molecule has 1 fully saturated rings. The van der Waals surface area contributed by atoms with Gasteiger partial charge in [0.1, 0.15) is 5.82 Å². The van der Waals surface area contributed by atoms with Crippen LogP contribution >= 0.6 is 24.8 Å². The van der Waals surface area contributed by atoms with Crippen LogP contribution in [0.15, 0.2) is 18.0 Å². The van der Waals surface area contributed by atoms with E-state index in [9.17, 15) is 0 Å². The maximum atomic E-state index is 4.15. The highest BCUT2D eigenvalue weighted by Crippen LogP contribution is 2.10. The van der Waals surface area contributed by atoms with E-state index >= 15 is 0 Å². The first-order chi connectivity index (χ1) is 5.95. The first kappa shape index (κ1) is 13.5. The predicted molar refractivity (Wildman–Crippen MR) is 63.2 cm³/mol. The summed E-state index contributed by atoms with van der Waals surface area (Å²) in [5.41, 5.74) is 1.44. The first-order valence-corrected chi connectivity index (χ1v) is 4.35. The summed E-state index contributed by atoms with van der Waals surface area (Å²) in [6, 6.07) is 0. The lowest BCUT2D eigenvalue weighted by molar-refractivity contribution is 0.613. The van der Waals surface area contributed by atoms with E-state index in [0.29, 0.717) is 0 Å². The third-order valence-electron chi connectivity index (χ3n) is 2.06. The lowest BCUT2D eigenvalue weighted by Gasteiger charge is -2.14. The number of nitrogens with one attached hydrogen (secondary N) is 2. The van der Waals surface area contributed by atoms with Crippen molar-refractivity contribution in [3.05, 3.63) is 23.8 Å². The quantitative estimate of drug-likeness (QED) is 0.783. The van der Waals surface area contributed by atoms with Crippen LogP contribution in [0, 0.1) is 0 Å². The SMILES string of the molecule is C(=C1CCCNC1)c1ncc[nH]1.Cl.Cl. The monoisotopic (exact) mass is 235 g/mol. The van der Waals surface area contributed by atoms with Gasteiger partial charge in [-0.15, -0.1) is 24.8 Å². The third-order valence-corrected chi connectivity index (χ3v) is 2.06. The molecule has 1 aromatic rings. The summed E-state index contributed by atoms with van der Waals surface area (Å²) in [4.78, 5) is 7.22. The summed E-state index contributed by atoms with van der Waals surface area (Å²) in [5.74, 6) is 0.966. The van der Waals surface area contributed by atoms with Crippen molar-refractivity contribution in [1.29, 1.82) is 0 Å². The second-order valence-electron chi connectivity index (χ2n) is 3.06. The molecule has 0 saturated carbocycles. The van der Waals surface area contributed by atoms with Gasteiger partial charge in [-0.1, -0.05) is 5.57 Å². The largest absolute Gasteiger partial charge is 0.345 e. The molecular formula is C9H15Cl2N3. The number of piperidine rings is 1. The molecule has 0 amide bonds. The Morgan fingerprint density at radius 3 is 2.79 bits per heavy atom. The van der Waals surface area contributed by atoms with Gasteiger partial charge < -0.3 is 10.3 Å². The molecule has 1 aliphatic heterocycles.